The molecule has 5 aromatic rings. The van der Waals surface area contributed by atoms with E-state index >= 15 is 0 Å². The maximum atomic E-state index is 14.6. The van der Waals surface area contributed by atoms with Gasteiger partial charge < -0.3 is 91.4 Å². The van der Waals surface area contributed by atoms with E-state index in [-0.39, 0.29) is 18.1 Å². The number of anilines is 2. The molecule has 4 aromatic carbocycles. The van der Waals surface area contributed by atoms with Crippen molar-refractivity contribution in [3.8, 4) is 22.5 Å². The van der Waals surface area contributed by atoms with Crippen LogP contribution in [0, 0.1) is 21.6 Å². The van der Waals surface area contributed by atoms with Crippen LogP contribution in [0.25, 0.3) is 28.6 Å². The molecule has 1 aromatic heterocycles. The lowest BCUT2D eigenvalue weighted by atomic mass is 10.1. The van der Waals surface area contributed by atoms with Crippen molar-refractivity contribution in [2.24, 2.45) is 28.7 Å². The highest BCUT2D eigenvalue weighted by Crippen LogP contribution is 2.29. The topological polar surface area (TPSA) is 489 Å². The number of nitrogens with zero attached hydrogens (tertiary/aromatic N) is 4. The number of hydrogen-bond acceptors (Lipinski definition) is 15. The predicted molar refractivity (Wildman–Crippen MR) is 301 cm³/mol. The summed E-state index contributed by atoms with van der Waals surface area (Å²) in [5.74, 6) is -11.2. The molecule has 0 saturated carbocycles. The zero-order valence-corrected chi connectivity index (χ0v) is 44.1. The standard InChI is InChI=1S/C49H58Cl2N22O7/c1-72(2)30-20-10-24(11-21-30)7-6-22-73(49-61-31(25-12-16-28(50)17-13-25)23-32(62-49)26-14-18-29(51)19-15-26)44(80)43(79)63-33(27-8-4-3-5-9-27)39(75)65-36(69-46(55)56)41(77)67-38(71-48(59)60)42(78)66-37(70-47(57)58)40(76)64-35(34(52)74)68-45(53)54/h3-21,23,33,35-38,44,80H,22H2,1-2H3,(H2,52,74)(H,63,79)(H,64,76)(H,65,75)(H,66,78)(H,67,77)(H4,53,54,68)(H4,55,56,69)(H4,57,58,70)(H4,59,60,71)/b7-6-. The van der Waals surface area contributed by atoms with E-state index in [1.54, 1.807) is 72.8 Å². The van der Waals surface area contributed by atoms with E-state index in [1.807, 2.05) is 48.6 Å². The van der Waals surface area contributed by atoms with Crippen molar-refractivity contribution in [1.29, 1.82) is 21.6 Å². The third-order valence-corrected chi connectivity index (χ3v) is 11.4. The monoisotopic (exact) mass is 1140 g/mol. The molecule has 0 radical (unpaired) electrons. The SMILES string of the molecule is CN(C)c1ccc(/C=C\CN(c2nc(-c3ccc(Cl)cc3)cc(-c3ccc(Cl)cc3)n2)C(O)C(=O)NC(C(=O)NC(NC(=N)N)C(=O)NC(NC(=N)N)C(=O)NC(NC(=N)N)C(=O)NC(NC(=N)N)C(N)=O)c2ccccc2)cc1. The van der Waals surface area contributed by atoms with Gasteiger partial charge in [-0.1, -0.05) is 102 Å². The van der Waals surface area contributed by atoms with Crippen molar-refractivity contribution in [2.45, 2.75) is 36.9 Å². The normalized spacial score (nSPS) is 13.0. The second-order valence-corrected chi connectivity index (χ2v) is 18.0. The van der Waals surface area contributed by atoms with E-state index < -0.39 is 96.2 Å². The van der Waals surface area contributed by atoms with Crippen molar-refractivity contribution >= 4 is 100 Å². The van der Waals surface area contributed by atoms with Crippen LogP contribution < -0.4 is 86.3 Å². The van der Waals surface area contributed by atoms with Gasteiger partial charge in [0.15, 0.2) is 48.5 Å². The summed E-state index contributed by atoms with van der Waals surface area (Å²) in [5, 5.41) is 63.4. The van der Waals surface area contributed by atoms with Gasteiger partial charge in [0.05, 0.1) is 11.4 Å². The number of primary amides is 1. The minimum atomic E-state index is -2.16. The Labute approximate surface area is 466 Å². The zero-order valence-electron chi connectivity index (χ0n) is 42.5. The number of carbonyl (C=O) groups is 6. The van der Waals surface area contributed by atoms with Crippen LogP contribution in [-0.2, 0) is 28.8 Å². The second kappa shape index (κ2) is 28.2. The van der Waals surface area contributed by atoms with Crippen molar-refractivity contribution in [2.75, 3.05) is 30.4 Å². The number of benzene rings is 4. The molecule has 0 bridgehead atoms. The molecule has 6 amide bonds. The van der Waals surface area contributed by atoms with E-state index in [9.17, 15) is 33.9 Å². The average molecular weight is 1140 g/mol. The largest absolute Gasteiger partial charge is 0.378 e. The summed E-state index contributed by atoms with van der Waals surface area (Å²) in [6.45, 7) is -0.203. The number of amides is 6. The fraction of sp³-hybridized carbons (Fsp3) is 0.184. The predicted octanol–water partition coefficient (Wildman–Crippen LogP) is -1.93. The summed E-state index contributed by atoms with van der Waals surface area (Å²) in [5.41, 5.74) is 30.8. The van der Waals surface area contributed by atoms with Crippen molar-refractivity contribution < 1.29 is 33.9 Å². The Bertz CT molecular complexity index is 3050. The molecule has 0 aliphatic rings. The van der Waals surface area contributed by atoms with Crippen LogP contribution in [0.15, 0.2) is 115 Å². The molecule has 1 heterocycles. The number of carbonyl (C=O) groups excluding carboxylic acids is 6. The molecule has 31 heteroatoms. The first kappa shape index (κ1) is 60.6. The van der Waals surface area contributed by atoms with Gasteiger partial charge in [-0.3, -0.25) is 50.4 Å². The smallest absolute Gasteiger partial charge is 0.271 e. The van der Waals surface area contributed by atoms with Crippen LogP contribution in [0.1, 0.15) is 17.2 Å². The number of nitrogens with two attached hydrogens (primary N) is 5. The average Bonchev–Trinajstić information content (AvgIpc) is 3.42. The highest BCUT2D eigenvalue weighted by atomic mass is 35.5. The van der Waals surface area contributed by atoms with Gasteiger partial charge in [-0.15, -0.1) is 0 Å². The van der Waals surface area contributed by atoms with Gasteiger partial charge in [0.2, 0.25) is 18.1 Å². The Kier molecular flexibility index (Phi) is 21.4. The Morgan fingerprint density at radius 1 is 0.550 bits per heavy atom. The first-order chi connectivity index (χ1) is 37.9. The van der Waals surface area contributed by atoms with Crippen molar-refractivity contribution in [1.82, 2.24) is 57.8 Å². The fourth-order valence-corrected chi connectivity index (χ4v) is 7.34. The lowest BCUT2D eigenvalue weighted by molar-refractivity contribution is -0.136. The van der Waals surface area contributed by atoms with Crippen LogP contribution in [-0.4, -0.2) is 126 Å². The zero-order chi connectivity index (χ0) is 58.8. The Hall–Kier alpha value is -10.3. The van der Waals surface area contributed by atoms with E-state index in [0.717, 1.165) is 11.3 Å². The fourth-order valence-electron chi connectivity index (χ4n) is 7.09. The number of aliphatic hydroxyl groups excluding tert-OH is 1. The molecule has 6 atom stereocenters. The Morgan fingerprint density at radius 3 is 1.38 bits per heavy atom. The third kappa shape index (κ3) is 17.9. The van der Waals surface area contributed by atoms with E-state index in [1.165, 1.54) is 29.2 Å². The summed E-state index contributed by atoms with van der Waals surface area (Å²) in [6.07, 6.45) is -6.78. The number of halogens is 2. The minimum absolute atomic E-state index is 0.112. The Balaban J connectivity index is 1.49. The lowest BCUT2D eigenvalue weighted by Gasteiger charge is -2.30. The first-order valence-electron chi connectivity index (χ1n) is 23.5. The molecule has 0 aliphatic carbocycles. The van der Waals surface area contributed by atoms with E-state index in [0.29, 0.717) is 32.6 Å². The molecule has 0 saturated heterocycles. The molecule has 0 aliphatic heterocycles. The van der Waals surface area contributed by atoms with E-state index in [4.69, 9.17) is 83.5 Å². The van der Waals surface area contributed by atoms with Crippen LogP contribution >= 0.6 is 23.2 Å². The number of guanidine groups is 4. The molecule has 29 nitrogen and oxygen atoms in total. The van der Waals surface area contributed by atoms with Crippen LogP contribution in [0.5, 0.6) is 0 Å². The molecular weight excluding hydrogens is 1080 g/mol. The molecule has 24 N–H and O–H groups in total. The first-order valence-corrected chi connectivity index (χ1v) is 24.2. The summed E-state index contributed by atoms with van der Waals surface area (Å²) >= 11 is 12.5. The quantitative estimate of drug-likeness (QED) is 0.0182. The number of rotatable bonds is 24. The molecule has 0 fully saturated rings. The molecule has 0 spiro atoms. The van der Waals surface area contributed by atoms with Gasteiger partial charge in [0.25, 0.3) is 29.5 Å². The maximum absolute atomic E-state index is 14.6. The molecule has 6 unspecified atom stereocenters. The van der Waals surface area contributed by atoms with Crippen molar-refractivity contribution in [3.63, 3.8) is 0 Å². The summed E-state index contributed by atoms with van der Waals surface area (Å²) < 4.78 is 0. The lowest BCUT2D eigenvalue weighted by Crippen LogP contribution is -2.68. The van der Waals surface area contributed by atoms with Gasteiger partial charge in [0, 0.05) is 47.5 Å². The van der Waals surface area contributed by atoms with E-state index in [2.05, 4.69) is 42.5 Å². The van der Waals surface area contributed by atoms with Crippen LogP contribution in [0.3, 0.4) is 0 Å². The van der Waals surface area contributed by atoms with Crippen LogP contribution in [0.2, 0.25) is 10.0 Å². The van der Waals surface area contributed by atoms with Gasteiger partial charge in [-0.25, -0.2) is 9.97 Å². The Morgan fingerprint density at radius 2 is 0.963 bits per heavy atom. The van der Waals surface area contributed by atoms with Crippen LogP contribution in [0.4, 0.5) is 11.6 Å². The number of hydrogen-bond donors (Lipinski definition) is 19. The second-order valence-electron chi connectivity index (χ2n) is 17.1. The number of nitrogens with one attached hydrogen (secondary N) is 13. The number of aliphatic hydroxyl groups is 1. The van der Waals surface area contributed by atoms with Gasteiger partial charge >= 0.3 is 0 Å². The highest BCUT2D eigenvalue weighted by molar-refractivity contribution is 6.31. The molecular formula is C49H58Cl2N22O7. The number of aromatic nitrogens is 2. The summed E-state index contributed by atoms with van der Waals surface area (Å²) in [6, 6.07) is 28.6. The minimum Gasteiger partial charge on any atom is -0.378 e. The summed E-state index contributed by atoms with van der Waals surface area (Å²) in [7, 11) is 3.80. The summed E-state index contributed by atoms with van der Waals surface area (Å²) in [4.78, 5) is 94.6. The highest BCUT2D eigenvalue weighted by Gasteiger charge is 2.35. The maximum Gasteiger partial charge on any atom is 0.271 e. The van der Waals surface area contributed by atoms with Gasteiger partial charge in [-0.2, -0.15) is 0 Å². The van der Waals surface area contributed by atoms with Crippen molar-refractivity contribution in [3.05, 3.63) is 136 Å². The third-order valence-electron chi connectivity index (χ3n) is 10.9. The molecule has 80 heavy (non-hydrogen) atoms. The van der Waals surface area contributed by atoms with Gasteiger partial charge in [-0.05, 0) is 53.6 Å². The van der Waals surface area contributed by atoms with Gasteiger partial charge in [0.1, 0.15) is 6.04 Å². The molecule has 420 valence electrons. The molecule has 5 rings (SSSR count).